The maximum atomic E-state index is 12.8. The van der Waals surface area contributed by atoms with E-state index in [1.807, 2.05) is 6.92 Å². The Morgan fingerprint density at radius 3 is 2.41 bits per heavy atom. The number of methoxy groups -OCH3 is 1. The minimum absolute atomic E-state index is 0.0671. The van der Waals surface area contributed by atoms with Gasteiger partial charge in [0.2, 0.25) is 15.9 Å². The summed E-state index contributed by atoms with van der Waals surface area (Å²) in [6.45, 7) is 5.91. The van der Waals surface area contributed by atoms with Gasteiger partial charge in [0, 0.05) is 24.7 Å². The molecule has 1 fully saturated rings. The van der Waals surface area contributed by atoms with Crippen molar-refractivity contribution in [3.8, 4) is 5.75 Å². The average Bonchev–Trinajstić information content (AvgIpc) is 3.18. The molecule has 0 aromatic heterocycles. The van der Waals surface area contributed by atoms with E-state index in [2.05, 4.69) is 15.4 Å². The fraction of sp³-hybridized carbons (Fsp3) is 0.600. The van der Waals surface area contributed by atoms with Crippen LogP contribution in [0.1, 0.15) is 56.8 Å². The topological polar surface area (TPSA) is 114 Å². The Labute approximate surface area is 172 Å². The van der Waals surface area contributed by atoms with Crippen molar-refractivity contribution in [3.63, 3.8) is 0 Å². The van der Waals surface area contributed by atoms with E-state index in [4.69, 9.17) is 4.74 Å². The summed E-state index contributed by atoms with van der Waals surface area (Å²) in [7, 11) is -2.44. The summed E-state index contributed by atoms with van der Waals surface area (Å²) in [6.07, 6.45) is 3.59. The Bertz CT molecular complexity index is 846. The molecule has 0 spiro atoms. The highest BCUT2D eigenvalue weighted by molar-refractivity contribution is 7.89. The average molecular weight is 426 g/mol. The fourth-order valence-corrected chi connectivity index (χ4v) is 4.74. The van der Waals surface area contributed by atoms with Crippen molar-refractivity contribution >= 4 is 21.8 Å². The summed E-state index contributed by atoms with van der Waals surface area (Å²) in [5, 5.41) is 5.45. The SMILES string of the molecule is CCNC(=O)C(C)(C)CNC(=O)c1ccc(OC)c(S(=O)(=O)NC2CCCC2)c1. The Balaban J connectivity index is 2.18. The van der Waals surface area contributed by atoms with E-state index in [0.717, 1.165) is 25.7 Å². The van der Waals surface area contributed by atoms with Crippen molar-refractivity contribution in [2.24, 2.45) is 5.41 Å². The van der Waals surface area contributed by atoms with Crippen LogP contribution >= 0.6 is 0 Å². The molecule has 0 bridgehead atoms. The molecule has 3 N–H and O–H groups in total. The quantitative estimate of drug-likeness (QED) is 0.558. The lowest BCUT2D eigenvalue weighted by molar-refractivity contribution is -0.128. The van der Waals surface area contributed by atoms with Crippen molar-refractivity contribution in [3.05, 3.63) is 23.8 Å². The highest BCUT2D eigenvalue weighted by atomic mass is 32.2. The second-order valence-corrected chi connectivity index (χ2v) is 9.58. The Kier molecular flexibility index (Phi) is 7.65. The molecule has 8 nitrogen and oxygen atoms in total. The van der Waals surface area contributed by atoms with Crippen molar-refractivity contribution in [2.75, 3.05) is 20.2 Å². The summed E-state index contributed by atoms with van der Waals surface area (Å²) in [5.41, 5.74) is -0.610. The summed E-state index contributed by atoms with van der Waals surface area (Å²) in [4.78, 5) is 24.6. The summed E-state index contributed by atoms with van der Waals surface area (Å²) < 4.78 is 33.6. The molecule has 1 aromatic carbocycles. The van der Waals surface area contributed by atoms with Crippen molar-refractivity contribution < 1.29 is 22.7 Å². The molecule has 1 aromatic rings. The summed E-state index contributed by atoms with van der Waals surface area (Å²) >= 11 is 0. The van der Waals surface area contributed by atoms with E-state index < -0.39 is 21.3 Å². The third-order valence-electron chi connectivity index (χ3n) is 5.04. The van der Waals surface area contributed by atoms with E-state index in [9.17, 15) is 18.0 Å². The molecule has 0 aliphatic heterocycles. The Morgan fingerprint density at radius 2 is 1.83 bits per heavy atom. The number of nitrogens with one attached hydrogen (secondary N) is 3. The molecular weight excluding hydrogens is 394 g/mol. The van der Waals surface area contributed by atoms with E-state index in [0.29, 0.717) is 6.54 Å². The lowest BCUT2D eigenvalue weighted by Crippen LogP contribution is -2.44. The number of amides is 2. The molecule has 2 rings (SSSR count). The first-order chi connectivity index (χ1) is 13.6. The van der Waals surface area contributed by atoms with Gasteiger partial charge in [0.25, 0.3) is 5.91 Å². The molecule has 0 saturated heterocycles. The third kappa shape index (κ3) is 5.93. The molecule has 0 unspecified atom stereocenters. The van der Waals surface area contributed by atoms with Gasteiger partial charge in [0.15, 0.2) is 0 Å². The van der Waals surface area contributed by atoms with Gasteiger partial charge in [0.05, 0.1) is 12.5 Å². The molecule has 29 heavy (non-hydrogen) atoms. The van der Waals surface area contributed by atoms with Gasteiger partial charge >= 0.3 is 0 Å². The minimum atomic E-state index is -3.83. The normalized spacial score (nSPS) is 15.2. The largest absolute Gasteiger partial charge is 0.495 e. The summed E-state index contributed by atoms with van der Waals surface area (Å²) in [5.74, 6) is -0.448. The number of rotatable bonds is 9. The molecule has 1 saturated carbocycles. The number of carbonyl (C=O) groups excluding carboxylic acids is 2. The van der Waals surface area contributed by atoms with Crippen LogP contribution in [-0.4, -0.2) is 46.5 Å². The first-order valence-electron chi connectivity index (χ1n) is 9.87. The molecule has 0 atom stereocenters. The molecule has 0 radical (unpaired) electrons. The molecule has 1 aliphatic rings. The van der Waals surface area contributed by atoms with Gasteiger partial charge < -0.3 is 15.4 Å². The van der Waals surface area contributed by atoms with Crippen LogP contribution in [0.5, 0.6) is 5.75 Å². The second-order valence-electron chi connectivity index (χ2n) is 7.89. The first-order valence-corrected chi connectivity index (χ1v) is 11.4. The van der Waals surface area contributed by atoms with Gasteiger partial charge in [-0.3, -0.25) is 9.59 Å². The molecule has 162 valence electrons. The van der Waals surface area contributed by atoms with Crippen LogP contribution in [0.3, 0.4) is 0 Å². The summed E-state index contributed by atoms with van der Waals surface area (Å²) in [6, 6.07) is 4.18. The van der Waals surface area contributed by atoms with E-state index >= 15 is 0 Å². The smallest absolute Gasteiger partial charge is 0.251 e. The van der Waals surface area contributed by atoms with E-state index in [-0.39, 0.29) is 34.7 Å². The van der Waals surface area contributed by atoms with Gasteiger partial charge in [-0.25, -0.2) is 13.1 Å². The van der Waals surface area contributed by atoms with Crippen LogP contribution in [0, 0.1) is 5.41 Å². The fourth-order valence-electron chi connectivity index (χ4n) is 3.24. The maximum absolute atomic E-state index is 12.8. The zero-order valence-electron chi connectivity index (χ0n) is 17.5. The third-order valence-corrected chi connectivity index (χ3v) is 6.58. The molecule has 1 aliphatic carbocycles. The van der Waals surface area contributed by atoms with Crippen LogP contribution in [0.15, 0.2) is 23.1 Å². The van der Waals surface area contributed by atoms with E-state index in [1.54, 1.807) is 13.8 Å². The standard InChI is InChI=1S/C20H31N3O5S/c1-5-21-19(25)20(2,3)13-22-18(24)14-10-11-16(28-4)17(12-14)29(26,27)23-15-8-6-7-9-15/h10-12,15,23H,5-9,13H2,1-4H3,(H,21,25)(H,22,24). The Hall–Kier alpha value is -2.13. The molecule has 9 heteroatoms. The van der Waals surface area contributed by atoms with Gasteiger partial charge in [-0.1, -0.05) is 12.8 Å². The number of ether oxygens (including phenoxy) is 1. The highest BCUT2D eigenvalue weighted by Gasteiger charge is 2.29. The van der Waals surface area contributed by atoms with E-state index in [1.165, 1.54) is 25.3 Å². The van der Waals surface area contributed by atoms with Crippen LogP contribution in [0.25, 0.3) is 0 Å². The predicted octanol–water partition coefficient (Wildman–Crippen LogP) is 1.81. The van der Waals surface area contributed by atoms with Gasteiger partial charge in [-0.15, -0.1) is 0 Å². The molecular formula is C20H31N3O5S. The van der Waals surface area contributed by atoms with Crippen LogP contribution in [0.2, 0.25) is 0 Å². The lowest BCUT2D eigenvalue weighted by atomic mass is 9.92. The van der Waals surface area contributed by atoms with Crippen molar-refractivity contribution in [1.29, 1.82) is 0 Å². The van der Waals surface area contributed by atoms with Crippen LogP contribution in [0.4, 0.5) is 0 Å². The van der Waals surface area contributed by atoms with Crippen molar-refractivity contribution in [2.45, 2.75) is 57.4 Å². The second kappa shape index (κ2) is 9.58. The van der Waals surface area contributed by atoms with Gasteiger partial charge in [-0.05, 0) is 51.8 Å². The zero-order valence-corrected chi connectivity index (χ0v) is 18.3. The number of benzene rings is 1. The number of hydrogen-bond acceptors (Lipinski definition) is 5. The number of sulfonamides is 1. The highest BCUT2D eigenvalue weighted by Crippen LogP contribution is 2.27. The van der Waals surface area contributed by atoms with Crippen molar-refractivity contribution in [1.82, 2.24) is 15.4 Å². The van der Waals surface area contributed by atoms with Gasteiger partial charge in [0.1, 0.15) is 10.6 Å². The van der Waals surface area contributed by atoms with Crippen LogP contribution in [-0.2, 0) is 14.8 Å². The monoisotopic (exact) mass is 425 g/mol. The van der Waals surface area contributed by atoms with Crippen LogP contribution < -0.4 is 20.1 Å². The predicted molar refractivity (Wildman–Crippen MR) is 110 cm³/mol. The lowest BCUT2D eigenvalue weighted by Gasteiger charge is -2.23. The zero-order chi connectivity index (χ0) is 21.7. The first kappa shape index (κ1) is 23.2. The Morgan fingerprint density at radius 1 is 1.17 bits per heavy atom. The number of carbonyl (C=O) groups is 2. The van der Waals surface area contributed by atoms with Gasteiger partial charge in [-0.2, -0.15) is 0 Å². The maximum Gasteiger partial charge on any atom is 0.251 e. The molecule has 2 amide bonds. The number of hydrogen-bond donors (Lipinski definition) is 3. The minimum Gasteiger partial charge on any atom is -0.495 e. The molecule has 0 heterocycles.